The summed E-state index contributed by atoms with van der Waals surface area (Å²) in [6.45, 7) is 2.22. The predicted molar refractivity (Wildman–Crippen MR) is 64.1 cm³/mol. The molecule has 1 aromatic rings. The van der Waals surface area contributed by atoms with Gasteiger partial charge in [0.1, 0.15) is 7.05 Å². The number of nitrogens with zero attached hydrogens (tertiary/aromatic N) is 1. The normalized spacial score (nSPS) is 17.6. The van der Waals surface area contributed by atoms with Crippen LogP contribution in [0.5, 0.6) is 11.5 Å². The van der Waals surface area contributed by atoms with Crippen LogP contribution in [0.1, 0.15) is 18.1 Å². The zero-order chi connectivity index (χ0) is 11.7. The Morgan fingerprint density at radius 2 is 1.76 bits per heavy atom. The third-order valence-corrected chi connectivity index (χ3v) is 3.20. The van der Waals surface area contributed by atoms with E-state index in [1.165, 1.54) is 11.1 Å². The number of fused-ring (bicyclic) bond motifs is 1. The number of likely N-dealkylation sites (N-methyl/N-ethyl adjacent to an activating group) is 1. The lowest BCUT2D eigenvalue weighted by Crippen LogP contribution is -3.00. The Kier molecular flexibility index (Phi) is 4.40. The molecule has 0 saturated heterocycles. The van der Waals surface area contributed by atoms with Gasteiger partial charge in [0.15, 0.2) is 23.8 Å². The zero-order valence-corrected chi connectivity index (χ0v) is 11.4. The maximum Gasteiger partial charge on any atom is 0.171 e. The lowest BCUT2D eigenvalue weighted by Gasteiger charge is -2.18. The highest BCUT2D eigenvalue weighted by Crippen LogP contribution is 2.31. The number of benzene rings is 1. The maximum atomic E-state index is 5.31. The summed E-state index contributed by atoms with van der Waals surface area (Å²) >= 11 is 0. The van der Waals surface area contributed by atoms with Gasteiger partial charge in [0, 0.05) is 12.0 Å². The lowest BCUT2D eigenvalue weighted by atomic mass is 9.97. The molecule has 1 heterocycles. The molecule has 1 unspecified atom stereocenters. The first-order valence-corrected chi connectivity index (χ1v) is 5.47. The number of methoxy groups -OCH3 is 2. The first kappa shape index (κ1) is 13.8. The molecule has 0 spiro atoms. The van der Waals surface area contributed by atoms with Gasteiger partial charge >= 0.3 is 0 Å². The number of halogens is 1. The van der Waals surface area contributed by atoms with Gasteiger partial charge in [-0.05, 0) is 24.6 Å². The molecule has 2 rings (SSSR count). The largest absolute Gasteiger partial charge is 1.00 e. The smallest absolute Gasteiger partial charge is 0.171 e. The summed E-state index contributed by atoms with van der Waals surface area (Å²) in [5.74, 6) is 1.60. The van der Waals surface area contributed by atoms with E-state index in [1.807, 2.05) is 6.07 Å². The van der Waals surface area contributed by atoms with Crippen LogP contribution >= 0.6 is 0 Å². The molecule has 1 aliphatic heterocycles. The highest BCUT2D eigenvalue weighted by molar-refractivity contribution is 5.80. The van der Waals surface area contributed by atoms with E-state index in [2.05, 4.69) is 30.8 Å². The summed E-state index contributed by atoms with van der Waals surface area (Å²) in [6.07, 6.45) is 3.20. The van der Waals surface area contributed by atoms with Crippen LogP contribution in [0.4, 0.5) is 0 Å². The highest BCUT2D eigenvalue weighted by Gasteiger charge is 2.22. The van der Waals surface area contributed by atoms with Crippen LogP contribution in [0.15, 0.2) is 12.1 Å². The van der Waals surface area contributed by atoms with E-state index < -0.39 is 0 Å². The molecule has 0 N–H and O–H groups in total. The second-order valence-corrected chi connectivity index (χ2v) is 4.25. The van der Waals surface area contributed by atoms with E-state index in [1.54, 1.807) is 14.2 Å². The Morgan fingerprint density at radius 1 is 1.18 bits per heavy atom. The molecule has 0 aliphatic carbocycles. The lowest BCUT2D eigenvalue weighted by molar-refractivity contribution is -0.530. The molecule has 94 valence electrons. The number of hydrogen-bond acceptors (Lipinski definition) is 2. The van der Waals surface area contributed by atoms with Crippen LogP contribution in [-0.4, -0.2) is 38.1 Å². The van der Waals surface area contributed by atoms with Crippen LogP contribution in [0, 0.1) is 0 Å². The van der Waals surface area contributed by atoms with Gasteiger partial charge in [-0.2, -0.15) is 0 Å². The summed E-state index contributed by atoms with van der Waals surface area (Å²) in [7, 11) is 5.44. The molecule has 0 radical (unpaired) electrons. The van der Waals surface area contributed by atoms with Crippen molar-refractivity contribution in [2.24, 2.45) is 0 Å². The third kappa shape index (κ3) is 2.55. The van der Waals surface area contributed by atoms with Crippen molar-refractivity contribution in [2.45, 2.75) is 19.4 Å². The van der Waals surface area contributed by atoms with Crippen LogP contribution in [0.25, 0.3) is 0 Å². The molecule has 0 aromatic heterocycles. The Morgan fingerprint density at radius 3 is 2.35 bits per heavy atom. The van der Waals surface area contributed by atoms with Gasteiger partial charge in [-0.1, -0.05) is 0 Å². The predicted octanol–water partition coefficient (Wildman–Crippen LogP) is -1.29. The summed E-state index contributed by atoms with van der Waals surface area (Å²) in [5, 5.41) is 0. The molecule has 1 aliphatic rings. The maximum absolute atomic E-state index is 5.31. The highest BCUT2D eigenvalue weighted by atomic mass is 35.5. The van der Waals surface area contributed by atoms with Crippen LogP contribution in [-0.2, 0) is 6.42 Å². The van der Waals surface area contributed by atoms with Crippen molar-refractivity contribution in [1.29, 1.82) is 0 Å². The fraction of sp³-hybridized carbons (Fsp3) is 0.462. The summed E-state index contributed by atoms with van der Waals surface area (Å²) in [5.41, 5.74) is 2.54. The SMILES string of the molecule is COc1cc2c(cc1OC)CC(C)[N+](C)=C2.[Cl-]. The van der Waals surface area contributed by atoms with Crippen molar-refractivity contribution in [3.8, 4) is 11.5 Å². The average Bonchev–Trinajstić information content (AvgIpc) is 2.29. The van der Waals surface area contributed by atoms with E-state index >= 15 is 0 Å². The molecule has 1 atom stereocenters. The first-order chi connectivity index (χ1) is 7.65. The molecule has 17 heavy (non-hydrogen) atoms. The van der Waals surface area contributed by atoms with Gasteiger partial charge in [0.25, 0.3) is 0 Å². The molecular formula is C13H18ClNO2. The van der Waals surface area contributed by atoms with Gasteiger partial charge < -0.3 is 21.9 Å². The Bertz CT molecular complexity index is 443. The van der Waals surface area contributed by atoms with E-state index in [-0.39, 0.29) is 12.4 Å². The molecule has 0 fully saturated rings. The molecule has 4 heteroatoms. The second-order valence-electron chi connectivity index (χ2n) is 4.25. The fourth-order valence-corrected chi connectivity index (χ4v) is 2.04. The van der Waals surface area contributed by atoms with E-state index in [9.17, 15) is 0 Å². The Hall–Kier alpha value is -1.22. The number of hydrogen-bond donors (Lipinski definition) is 0. The van der Waals surface area contributed by atoms with Gasteiger partial charge in [0.2, 0.25) is 0 Å². The first-order valence-electron chi connectivity index (χ1n) is 5.47. The van der Waals surface area contributed by atoms with Crippen molar-refractivity contribution in [1.82, 2.24) is 0 Å². The van der Waals surface area contributed by atoms with E-state index in [0.29, 0.717) is 6.04 Å². The van der Waals surface area contributed by atoms with Crippen LogP contribution in [0.2, 0.25) is 0 Å². The molecule has 0 saturated carbocycles. The third-order valence-electron chi connectivity index (χ3n) is 3.20. The standard InChI is InChI=1S/C13H18NO2.ClH/c1-9-5-10-6-12(15-3)13(16-4)7-11(10)8-14(9)2;/h6-9H,5H2,1-4H3;1H/q+1;/p-1. The van der Waals surface area contributed by atoms with E-state index in [0.717, 1.165) is 17.9 Å². The summed E-state index contributed by atoms with van der Waals surface area (Å²) < 4.78 is 12.8. The molecule has 3 nitrogen and oxygen atoms in total. The summed E-state index contributed by atoms with van der Waals surface area (Å²) in [6, 6.07) is 4.65. The Labute approximate surface area is 108 Å². The number of rotatable bonds is 2. The van der Waals surface area contributed by atoms with Crippen LogP contribution < -0.4 is 21.9 Å². The topological polar surface area (TPSA) is 21.5 Å². The molecule has 0 amide bonds. The van der Waals surface area contributed by atoms with Crippen molar-refractivity contribution in [2.75, 3.05) is 21.3 Å². The van der Waals surface area contributed by atoms with Crippen molar-refractivity contribution in [3.05, 3.63) is 23.3 Å². The summed E-state index contributed by atoms with van der Waals surface area (Å²) in [4.78, 5) is 0. The van der Waals surface area contributed by atoms with Gasteiger partial charge in [-0.15, -0.1) is 0 Å². The second kappa shape index (κ2) is 5.41. The molecule has 0 bridgehead atoms. The fourth-order valence-electron chi connectivity index (χ4n) is 2.04. The van der Waals surface area contributed by atoms with Crippen molar-refractivity contribution >= 4 is 6.21 Å². The minimum absolute atomic E-state index is 0. The average molecular weight is 256 g/mol. The van der Waals surface area contributed by atoms with E-state index in [4.69, 9.17) is 9.47 Å². The zero-order valence-electron chi connectivity index (χ0n) is 10.7. The quantitative estimate of drug-likeness (QED) is 0.614. The van der Waals surface area contributed by atoms with Gasteiger partial charge in [-0.3, -0.25) is 0 Å². The number of ether oxygens (including phenoxy) is 2. The minimum atomic E-state index is 0. The van der Waals surface area contributed by atoms with Gasteiger partial charge in [0.05, 0.1) is 14.2 Å². The van der Waals surface area contributed by atoms with Crippen molar-refractivity contribution < 1.29 is 26.5 Å². The Balaban J connectivity index is 0.00000144. The van der Waals surface area contributed by atoms with Gasteiger partial charge in [-0.25, -0.2) is 4.58 Å². The molecular weight excluding hydrogens is 238 g/mol. The van der Waals surface area contributed by atoms with Crippen molar-refractivity contribution in [3.63, 3.8) is 0 Å². The van der Waals surface area contributed by atoms with Crippen LogP contribution in [0.3, 0.4) is 0 Å². The minimum Gasteiger partial charge on any atom is -1.00 e. The molecule has 1 aromatic carbocycles. The monoisotopic (exact) mass is 255 g/mol.